The van der Waals surface area contributed by atoms with Crippen LogP contribution >= 0.6 is 0 Å². The van der Waals surface area contributed by atoms with Crippen molar-refractivity contribution in [1.29, 1.82) is 0 Å². The monoisotopic (exact) mass is 258 g/mol. The van der Waals surface area contributed by atoms with E-state index in [0.29, 0.717) is 12.5 Å². The molecule has 1 aliphatic rings. The first-order chi connectivity index (χ1) is 9.29. The van der Waals surface area contributed by atoms with Crippen LogP contribution in [0.5, 0.6) is 5.75 Å². The predicted molar refractivity (Wildman–Crippen MR) is 77.3 cm³/mol. The fraction of sp³-hybridized carbons (Fsp3) is 0.529. The SMILES string of the molecule is Cc1cc(C#CCCO)ccc1OC1CCCCC1. The summed E-state index contributed by atoms with van der Waals surface area (Å²) < 4.78 is 6.08. The number of ether oxygens (including phenoxy) is 1. The highest BCUT2D eigenvalue weighted by atomic mass is 16.5. The lowest BCUT2D eigenvalue weighted by Crippen LogP contribution is -2.19. The lowest BCUT2D eigenvalue weighted by molar-refractivity contribution is 0.154. The molecule has 0 saturated heterocycles. The maximum atomic E-state index is 8.70. The highest BCUT2D eigenvalue weighted by Gasteiger charge is 2.15. The van der Waals surface area contributed by atoms with Crippen molar-refractivity contribution in [3.8, 4) is 17.6 Å². The van der Waals surface area contributed by atoms with E-state index in [4.69, 9.17) is 9.84 Å². The van der Waals surface area contributed by atoms with Gasteiger partial charge in [-0.15, -0.1) is 0 Å². The van der Waals surface area contributed by atoms with Gasteiger partial charge in [0.25, 0.3) is 0 Å². The molecule has 1 aliphatic carbocycles. The third-order valence-electron chi connectivity index (χ3n) is 3.49. The molecule has 102 valence electrons. The topological polar surface area (TPSA) is 29.5 Å². The second kappa shape index (κ2) is 7.21. The normalized spacial score (nSPS) is 15.7. The molecule has 0 atom stereocenters. The van der Waals surface area contributed by atoms with Crippen LogP contribution in [-0.2, 0) is 0 Å². The first kappa shape index (κ1) is 14.0. The van der Waals surface area contributed by atoms with E-state index in [1.807, 2.05) is 12.1 Å². The molecule has 1 N–H and O–H groups in total. The molecule has 0 amide bonds. The van der Waals surface area contributed by atoms with Gasteiger partial charge in [-0.2, -0.15) is 0 Å². The minimum Gasteiger partial charge on any atom is -0.490 e. The van der Waals surface area contributed by atoms with Crippen molar-refractivity contribution in [1.82, 2.24) is 0 Å². The van der Waals surface area contributed by atoms with Gasteiger partial charge in [-0.25, -0.2) is 0 Å². The van der Waals surface area contributed by atoms with Crippen molar-refractivity contribution in [3.63, 3.8) is 0 Å². The van der Waals surface area contributed by atoms with Crippen molar-refractivity contribution >= 4 is 0 Å². The molecule has 0 bridgehead atoms. The van der Waals surface area contributed by atoms with Crippen molar-refractivity contribution in [2.75, 3.05) is 6.61 Å². The largest absolute Gasteiger partial charge is 0.490 e. The van der Waals surface area contributed by atoms with Gasteiger partial charge in [-0.05, 0) is 56.4 Å². The molecule has 1 saturated carbocycles. The number of benzene rings is 1. The zero-order valence-electron chi connectivity index (χ0n) is 11.6. The highest BCUT2D eigenvalue weighted by Crippen LogP contribution is 2.26. The lowest BCUT2D eigenvalue weighted by atomic mass is 9.97. The Kier molecular flexibility index (Phi) is 5.30. The van der Waals surface area contributed by atoms with E-state index in [-0.39, 0.29) is 6.61 Å². The van der Waals surface area contributed by atoms with Crippen LogP contribution in [0.3, 0.4) is 0 Å². The summed E-state index contributed by atoms with van der Waals surface area (Å²) in [4.78, 5) is 0. The third-order valence-corrected chi connectivity index (χ3v) is 3.49. The number of hydrogen-bond donors (Lipinski definition) is 1. The quantitative estimate of drug-likeness (QED) is 0.842. The Labute approximate surface area is 115 Å². The Hall–Kier alpha value is -1.46. The fourth-order valence-electron chi connectivity index (χ4n) is 2.44. The molecule has 0 spiro atoms. The van der Waals surface area contributed by atoms with Gasteiger partial charge in [0.2, 0.25) is 0 Å². The van der Waals surface area contributed by atoms with E-state index >= 15 is 0 Å². The smallest absolute Gasteiger partial charge is 0.122 e. The summed E-state index contributed by atoms with van der Waals surface area (Å²) in [6.45, 7) is 2.18. The number of aryl methyl sites for hydroxylation is 1. The standard InChI is InChI=1S/C17H22O2/c1-14-13-15(7-5-6-12-18)10-11-17(14)19-16-8-3-2-4-9-16/h10-11,13,16,18H,2-4,6,8-9,12H2,1H3. The van der Waals surface area contributed by atoms with E-state index < -0.39 is 0 Å². The van der Waals surface area contributed by atoms with Crippen molar-refractivity contribution < 1.29 is 9.84 Å². The summed E-state index contributed by atoms with van der Waals surface area (Å²) in [5, 5.41) is 8.70. The van der Waals surface area contributed by atoms with Crippen LogP contribution < -0.4 is 4.74 Å². The minimum atomic E-state index is 0.120. The molecule has 19 heavy (non-hydrogen) atoms. The summed E-state index contributed by atoms with van der Waals surface area (Å²) in [5.74, 6) is 6.98. The van der Waals surface area contributed by atoms with Crippen molar-refractivity contribution in [3.05, 3.63) is 29.3 Å². The van der Waals surface area contributed by atoms with Crippen LogP contribution in [-0.4, -0.2) is 17.8 Å². The number of aliphatic hydroxyl groups excluding tert-OH is 1. The predicted octanol–water partition coefficient (Wildman–Crippen LogP) is 3.44. The fourth-order valence-corrected chi connectivity index (χ4v) is 2.44. The Morgan fingerprint density at radius 1 is 1.26 bits per heavy atom. The molecule has 1 fully saturated rings. The average Bonchev–Trinajstić information content (AvgIpc) is 2.43. The van der Waals surface area contributed by atoms with Gasteiger partial charge in [0.05, 0.1) is 12.7 Å². The first-order valence-electron chi connectivity index (χ1n) is 7.16. The second-order valence-corrected chi connectivity index (χ2v) is 5.13. The summed E-state index contributed by atoms with van der Waals surface area (Å²) in [6.07, 6.45) is 7.19. The van der Waals surface area contributed by atoms with Crippen LogP contribution in [0.2, 0.25) is 0 Å². The molecular formula is C17H22O2. The summed E-state index contributed by atoms with van der Waals surface area (Å²) in [5.41, 5.74) is 2.13. The van der Waals surface area contributed by atoms with Gasteiger partial charge in [-0.3, -0.25) is 0 Å². The Morgan fingerprint density at radius 3 is 2.74 bits per heavy atom. The third kappa shape index (κ3) is 4.29. The molecule has 2 heteroatoms. The Bertz CT molecular complexity index is 462. The van der Waals surface area contributed by atoms with E-state index in [2.05, 4.69) is 24.8 Å². The lowest BCUT2D eigenvalue weighted by Gasteiger charge is -2.23. The molecule has 0 unspecified atom stereocenters. The molecule has 0 aliphatic heterocycles. The number of aliphatic hydroxyl groups is 1. The van der Waals surface area contributed by atoms with Gasteiger partial charge < -0.3 is 9.84 Å². The van der Waals surface area contributed by atoms with E-state index in [1.54, 1.807) is 0 Å². The van der Waals surface area contributed by atoms with Gasteiger partial charge in [0.1, 0.15) is 5.75 Å². The molecule has 1 aromatic rings. The summed E-state index contributed by atoms with van der Waals surface area (Å²) in [6, 6.07) is 6.07. The Balaban J connectivity index is 2.00. The molecule has 0 radical (unpaired) electrons. The van der Waals surface area contributed by atoms with Crippen molar-refractivity contribution in [2.24, 2.45) is 0 Å². The van der Waals surface area contributed by atoms with Crippen LogP contribution in [0.15, 0.2) is 18.2 Å². The van der Waals surface area contributed by atoms with E-state index in [1.165, 1.54) is 32.1 Å². The summed E-state index contributed by atoms with van der Waals surface area (Å²) >= 11 is 0. The van der Waals surface area contributed by atoms with Crippen LogP contribution in [0.25, 0.3) is 0 Å². The Morgan fingerprint density at radius 2 is 2.05 bits per heavy atom. The number of rotatable bonds is 3. The van der Waals surface area contributed by atoms with Crippen molar-refractivity contribution in [2.45, 2.75) is 51.6 Å². The summed E-state index contributed by atoms with van der Waals surface area (Å²) in [7, 11) is 0. The minimum absolute atomic E-state index is 0.120. The molecule has 0 aromatic heterocycles. The molecular weight excluding hydrogens is 236 g/mol. The zero-order chi connectivity index (χ0) is 13.5. The first-order valence-corrected chi connectivity index (χ1v) is 7.16. The van der Waals surface area contributed by atoms with Gasteiger partial charge in [0.15, 0.2) is 0 Å². The highest BCUT2D eigenvalue weighted by molar-refractivity contribution is 5.43. The van der Waals surface area contributed by atoms with E-state index in [9.17, 15) is 0 Å². The van der Waals surface area contributed by atoms with E-state index in [0.717, 1.165) is 16.9 Å². The van der Waals surface area contributed by atoms with Gasteiger partial charge in [0, 0.05) is 12.0 Å². The van der Waals surface area contributed by atoms with Crippen LogP contribution in [0.1, 0.15) is 49.7 Å². The van der Waals surface area contributed by atoms with Gasteiger partial charge in [-0.1, -0.05) is 18.3 Å². The second-order valence-electron chi connectivity index (χ2n) is 5.13. The average molecular weight is 258 g/mol. The zero-order valence-corrected chi connectivity index (χ0v) is 11.6. The van der Waals surface area contributed by atoms with Crippen LogP contribution in [0, 0.1) is 18.8 Å². The molecule has 1 aromatic carbocycles. The maximum absolute atomic E-state index is 8.70. The van der Waals surface area contributed by atoms with Crippen LogP contribution in [0.4, 0.5) is 0 Å². The number of hydrogen-bond acceptors (Lipinski definition) is 2. The molecule has 2 rings (SSSR count). The van der Waals surface area contributed by atoms with Gasteiger partial charge >= 0.3 is 0 Å². The molecule has 2 nitrogen and oxygen atoms in total. The molecule has 0 heterocycles. The maximum Gasteiger partial charge on any atom is 0.122 e.